The Labute approximate surface area is 188 Å². The average Bonchev–Trinajstić information content (AvgIpc) is 2.69. The molecular formula is C22H29FN4O4S. The fourth-order valence-corrected chi connectivity index (χ4v) is 4.06. The highest BCUT2D eigenvalue weighted by atomic mass is 32.2. The van der Waals surface area contributed by atoms with E-state index in [1.54, 1.807) is 18.3 Å². The van der Waals surface area contributed by atoms with Crippen LogP contribution in [0, 0.1) is 5.82 Å². The second-order valence-electron chi connectivity index (χ2n) is 8.40. The lowest BCUT2D eigenvalue weighted by Gasteiger charge is -2.29. The van der Waals surface area contributed by atoms with Gasteiger partial charge in [-0.1, -0.05) is 13.8 Å². The molecule has 0 aliphatic carbocycles. The molecule has 1 aliphatic rings. The highest BCUT2D eigenvalue weighted by Gasteiger charge is 2.21. The molecule has 10 heteroatoms. The Kier molecular flexibility index (Phi) is 7.35. The third-order valence-electron chi connectivity index (χ3n) is 5.27. The molecule has 174 valence electrons. The summed E-state index contributed by atoms with van der Waals surface area (Å²) >= 11 is 0. The number of carbonyl (C=O) groups excluding carboxylic acids is 1. The molecule has 8 nitrogen and oxygen atoms in total. The van der Waals surface area contributed by atoms with Crippen LogP contribution in [0.5, 0.6) is 5.88 Å². The van der Waals surface area contributed by atoms with Crippen LogP contribution in [0.15, 0.2) is 30.5 Å². The molecule has 0 atom stereocenters. The molecule has 0 spiro atoms. The second-order valence-corrected chi connectivity index (χ2v) is 10.2. The molecule has 0 saturated carbocycles. The predicted octanol–water partition coefficient (Wildman–Crippen LogP) is 3.57. The molecule has 1 aromatic heterocycles. The maximum atomic E-state index is 14.5. The average molecular weight is 465 g/mol. The summed E-state index contributed by atoms with van der Waals surface area (Å²) < 4.78 is 45.3. The lowest BCUT2D eigenvalue weighted by molar-refractivity contribution is 0.110. The number of nitrogens with one attached hydrogen (secondary N) is 2. The lowest BCUT2D eigenvalue weighted by atomic mass is 9.94. The summed E-state index contributed by atoms with van der Waals surface area (Å²) in [6, 6.07) is 5.12. The Morgan fingerprint density at radius 1 is 1.25 bits per heavy atom. The number of ether oxygens (including phenoxy) is 1. The smallest absolute Gasteiger partial charge is 0.332 e. The zero-order chi connectivity index (χ0) is 23.5. The molecule has 1 fully saturated rings. The Bertz CT molecular complexity index is 1080. The number of nitrogens with zero attached hydrogens (tertiary/aromatic N) is 2. The van der Waals surface area contributed by atoms with Crippen molar-refractivity contribution < 1.29 is 22.3 Å². The van der Waals surface area contributed by atoms with Crippen LogP contribution in [0.3, 0.4) is 0 Å². The minimum atomic E-state index is -3.76. The first kappa shape index (κ1) is 23.9. The molecule has 32 heavy (non-hydrogen) atoms. The van der Waals surface area contributed by atoms with Gasteiger partial charge in [-0.25, -0.2) is 27.3 Å². The quantitative estimate of drug-likeness (QED) is 0.678. The fourth-order valence-electron chi connectivity index (χ4n) is 3.67. The van der Waals surface area contributed by atoms with Gasteiger partial charge in [0.25, 0.3) is 0 Å². The Morgan fingerprint density at radius 2 is 1.94 bits per heavy atom. The number of piperidine rings is 1. The Balaban J connectivity index is 1.96. The number of benzene rings is 1. The van der Waals surface area contributed by atoms with E-state index >= 15 is 0 Å². The number of aromatic nitrogens is 1. The number of halogens is 1. The van der Waals surface area contributed by atoms with Crippen LogP contribution in [0.25, 0.3) is 11.1 Å². The van der Waals surface area contributed by atoms with Crippen molar-refractivity contribution in [2.75, 3.05) is 31.7 Å². The topological polar surface area (TPSA) is 101 Å². The van der Waals surface area contributed by atoms with Crippen LogP contribution in [0.2, 0.25) is 0 Å². The van der Waals surface area contributed by atoms with E-state index in [9.17, 15) is 17.6 Å². The van der Waals surface area contributed by atoms with Crippen LogP contribution in [0.1, 0.15) is 38.2 Å². The number of sulfonamides is 1. The largest absolute Gasteiger partial charge is 0.474 e. The third kappa shape index (κ3) is 6.39. The van der Waals surface area contributed by atoms with E-state index < -0.39 is 21.9 Å². The molecule has 2 heterocycles. The summed E-state index contributed by atoms with van der Waals surface area (Å²) in [5, 5.41) is 2.59. The number of carbonyl (C=O) groups is 1. The SMILES string of the molecule is CC(C)c1cc(F)cc(-c2ccnc(OC3CCN(C)CC3)c2)c1NC(=O)NS(C)(=O)=O. The number of rotatable bonds is 6. The van der Waals surface area contributed by atoms with E-state index in [2.05, 4.69) is 22.2 Å². The first-order valence-electron chi connectivity index (χ1n) is 10.5. The summed E-state index contributed by atoms with van der Waals surface area (Å²) in [5.74, 6) is -0.180. The van der Waals surface area contributed by atoms with Gasteiger partial charge < -0.3 is 15.0 Å². The maximum absolute atomic E-state index is 14.5. The minimum Gasteiger partial charge on any atom is -0.474 e. The molecule has 2 aromatic rings. The Morgan fingerprint density at radius 3 is 2.56 bits per heavy atom. The Hall–Kier alpha value is -2.72. The van der Waals surface area contributed by atoms with Crippen molar-refractivity contribution in [2.24, 2.45) is 0 Å². The van der Waals surface area contributed by atoms with Gasteiger partial charge in [-0.05, 0) is 55.1 Å². The number of hydrogen-bond acceptors (Lipinski definition) is 6. The predicted molar refractivity (Wildman–Crippen MR) is 122 cm³/mol. The molecule has 0 radical (unpaired) electrons. The van der Waals surface area contributed by atoms with Crippen LogP contribution in [0.4, 0.5) is 14.9 Å². The second kappa shape index (κ2) is 9.83. The van der Waals surface area contributed by atoms with Crippen molar-refractivity contribution in [1.82, 2.24) is 14.6 Å². The number of pyridine rings is 1. The molecule has 2 amide bonds. The standard InChI is InChI=1S/C22H29FN4O4S/c1-14(2)18-12-16(23)13-19(21(18)25-22(28)26-32(4,29)30)15-5-8-24-20(11-15)31-17-6-9-27(3)10-7-17/h5,8,11-14,17H,6-7,9-10H2,1-4H3,(H2,25,26,28). The number of likely N-dealkylation sites (tertiary alicyclic amines) is 1. The molecule has 0 unspecified atom stereocenters. The number of hydrogen-bond donors (Lipinski definition) is 2. The third-order valence-corrected chi connectivity index (χ3v) is 5.83. The van der Waals surface area contributed by atoms with Crippen molar-refractivity contribution in [3.05, 3.63) is 41.8 Å². The molecule has 0 bridgehead atoms. The summed E-state index contributed by atoms with van der Waals surface area (Å²) in [4.78, 5) is 18.8. The van der Waals surface area contributed by atoms with Gasteiger partial charge in [-0.3, -0.25) is 0 Å². The number of anilines is 1. The first-order valence-corrected chi connectivity index (χ1v) is 12.3. The van der Waals surface area contributed by atoms with Gasteiger partial charge in [0.05, 0.1) is 11.9 Å². The van der Waals surface area contributed by atoms with Crippen LogP contribution in [-0.4, -0.2) is 56.8 Å². The number of urea groups is 1. The van der Waals surface area contributed by atoms with Gasteiger partial charge in [0.2, 0.25) is 15.9 Å². The van der Waals surface area contributed by atoms with Crippen LogP contribution < -0.4 is 14.8 Å². The lowest BCUT2D eigenvalue weighted by Crippen LogP contribution is -2.35. The van der Waals surface area contributed by atoms with Gasteiger partial charge >= 0.3 is 6.03 Å². The highest BCUT2D eigenvalue weighted by molar-refractivity contribution is 7.89. The summed E-state index contributed by atoms with van der Waals surface area (Å²) in [6.07, 6.45) is 4.28. The van der Waals surface area contributed by atoms with E-state index in [1.807, 2.05) is 18.6 Å². The zero-order valence-corrected chi connectivity index (χ0v) is 19.5. The van der Waals surface area contributed by atoms with Gasteiger partial charge in [0.15, 0.2) is 0 Å². The van der Waals surface area contributed by atoms with E-state index in [0.717, 1.165) is 32.2 Å². The van der Waals surface area contributed by atoms with Gasteiger partial charge in [-0.15, -0.1) is 0 Å². The summed E-state index contributed by atoms with van der Waals surface area (Å²) in [6.45, 7) is 5.60. The molecule has 2 N–H and O–H groups in total. The van der Waals surface area contributed by atoms with Gasteiger partial charge in [0, 0.05) is 30.9 Å². The van der Waals surface area contributed by atoms with E-state index in [-0.39, 0.29) is 12.0 Å². The van der Waals surface area contributed by atoms with Crippen molar-refractivity contribution in [2.45, 2.75) is 38.7 Å². The van der Waals surface area contributed by atoms with Gasteiger partial charge in [-0.2, -0.15) is 0 Å². The van der Waals surface area contributed by atoms with Crippen LogP contribution in [-0.2, 0) is 10.0 Å². The van der Waals surface area contributed by atoms with Crippen molar-refractivity contribution in [3.63, 3.8) is 0 Å². The summed E-state index contributed by atoms with van der Waals surface area (Å²) in [5.41, 5.74) is 1.88. The van der Waals surface area contributed by atoms with E-state index in [4.69, 9.17) is 4.74 Å². The number of amides is 2. The van der Waals surface area contributed by atoms with E-state index in [0.29, 0.717) is 28.3 Å². The van der Waals surface area contributed by atoms with Crippen molar-refractivity contribution in [1.29, 1.82) is 0 Å². The highest BCUT2D eigenvalue weighted by Crippen LogP contribution is 2.37. The van der Waals surface area contributed by atoms with Gasteiger partial charge in [0.1, 0.15) is 11.9 Å². The maximum Gasteiger partial charge on any atom is 0.332 e. The summed E-state index contributed by atoms with van der Waals surface area (Å²) in [7, 11) is -1.69. The molecule has 1 aliphatic heterocycles. The molecular weight excluding hydrogens is 435 g/mol. The van der Waals surface area contributed by atoms with E-state index in [1.165, 1.54) is 12.1 Å². The fraction of sp³-hybridized carbons (Fsp3) is 0.455. The minimum absolute atomic E-state index is 0.0471. The molecule has 1 saturated heterocycles. The van der Waals surface area contributed by atoms with Crippen molar-refractivity contribution in [3.8, 4) is 17.0 Å². The zero-order valence-electron chi connectivity index (χ0n) is 18.7. The monoisotopic (exact) mass is 464 g/mol. The normalized spacial score (nSPS) is 15.6. The van der Waals surface area contributed by atoms with Crippen LogP contribution >= 0.6 is 0 Å². The molecule has 1 aromatic carbocycles. The van der Waals surface area contributed by atoms with Crippen molar-refractivity contribution >= 4 is 21.7 Å². The first-order chi connectivity index (χ1) is 15.0. The molecule has 3 rings (SSSR count).